The average molecular weight is 466 g/mol. The van der Waals surface area contributed by atoms with Crippen LogP contribution in [0, 0.1) is 6.92 Å². The van der Waals surface area contributed by atoms with Crippen LogP contribution in [0.25, 0.3) is 6.08 Å². The summed E-state index contributed by atoms with van der Waals surface area (Å²) in [5.41, 5.74) is 4.43. The normalized spacial score (nSPS) is 15.9. The van der Waals surface area contributed by atoms with Crippen LogP contribution >= 0.6 is 11.3 Å². The molecule has 0 bridgehead atoms. The fourth-order valence-electron chi connectivity index (χ4n) is 4.03. The molecule has 3 heterocycles. The van der Waals surface area contributed by atoms with E-state index in [4.69, 9.17) is 4.74 Å². The summed E-state index contributed by atoms with van der Waals surface area (Å²) in [6, 6.07) is 7.20. The van der Waals surface area contributed by atoms with Crippen molar-refractivity contribution >= 4 is 29.1 Å². The van der Waals surface area contributed by atoms with E-state index in [9.17, 15) is 9.59 Å². The molecule has 0 fully saturated rings. The Hall–Kier alpha value is -3.46. The molecule has 1 aliphatic rings. The van der Waals surface area contributed by atoms with Gasteiger partial charge in [0.05, 0.1) is 35.2 Å². The molecular formula is C24H27N5O3S. The Morgan fingerprint density at radius 1 is 1.24 bits per heavy atom. The van der Waals surface area contributed by atoms with Crippen LogP contribution in [0.4, 0.5) is 5.69 Å². The maximum atomic E-state index is 13.6. The van der Waals surface area contributed by atoms with E-state index in [1.165, 1.54) is 18.4 Å². The smallest absolute Gasteiger partial charge is 0.338 e. The monoisotopic (exact) mass is 465 g/mol. The number of methoxy groups -OCH3 is 1. The molecule has 1 aliphatic heterocycles. The molecule has 0 saturated carbocycles. The first kappa shape index (κ1) is 22.7. The average Bonchev–Trinajstić information content (AvgIpc) is 3.31. The van der Waals surface area contributed by atoms with Gasteiger partial charge in [0, 0.05) is 37.6 Å². The van der Waals surface area contributed by atoms with E-state index in [-0.39, 0.29) is 5.56 Å². The van der Waals surface area contributed by atoms with E-state index in [0.29, 0.717) is 20.6 Å². The number of anilines is 1. The number of aromatic nitrogens is 3. The van der Waals surface area contributed by atoms with E-state index >= 15 is 0 Å². The van der Waals surface area contributed by atoms with Gasteiger partial charge in [0.15, 0.2) is 4.80 Å². The molecule has 8 nitrogen and oxygen atoms in total. The Morgan fingerprint density at radius 2 is 1.94 bits per heavy atom. The van der Waals surface area contributed by atoms with Crippen molar-refractivity contribution < 1.29 is 9.53 Å². The molecular weight excluding hydrogens is 438 g/mol. The first-order valence-electron chi connectivity index (χ1n) is 10.7. The Morgan fingerprint density at radius 3 is 2.52 bits per heavy atom. The van der Waals surface area contributed by atoms with Gasteiger partial charge in [-0.25, -0.2) is 9.79 Å². The first-order valence-corrected chi connectivity index (χ1v) is 11.5. The van der Waals surface area contributed by atoms with Gasteiger partial charge >= 0.3 is 5.97 Å². The van der Waals surface area contributed by atoms with Gasteiger partial charge in [0.1, 0.15) is 0 Å². The minimum atomic E-state index is -0.619. The molecule has 1 aromatic carbocycles. The zero-order valence-electron chi connectivity index (χ0n) is 19.6. The number of esters is 1. The number of carbonyl (C=O) groups excluding carboxylic acids is 1. The molecule has 0 radical (unpaired) electrons. The second-order valence-electron chi connectivity index (χ2n) is 8.06. The number of rotatable bonds is 5. The van der Waals surface area contributed by atoms with Gasteiger partial charge in [0.2, 0.25) is 0 Å². The highest BCUT2D eigenvalue weighted by atomic mass is 32.1. The number of hydrogen-bond acceptors (Lipinski definition) is 7. The molecule has 3 aromatic rings. The van der Waals surface area contributed by atoms with E-state index in [1.807, 2.05) is 67.9 Å². The SMILES string of the molecule is CCn1ncc(/C=c2/sc3n(c2=O)[C@H](c2ccc(N(C)C)cc2)C(C(=O)OC)=C(C)N=3)c1C. The predicted molar refractivity (Wildman–Crippen MR) is 129 cm³/mol. The maximum Gasteiger partial charge on any atom is 0.338 e. The Kier molecular flexibility index (Phi) is 6.07. The van der Waals surface area contributed by atoms with Crippen molar-refractivity contribution in [2.75, 3.05) is 26.1 Å². The van der Waals surface area contributed by atoms with Gasteiger partial charge in [0.25, 0.3) is 5.56 Å². The Bertz CT molecular complexity index is 1420. The van der Waals surface area contributed by atoms with Crippen LogP contribution in [0.5, 0.6) is 0 Å². The molecule has 2 aromatic heterocycles. The van der Waals surface area contributed by atoms with E-state index in [1.54, 1.807) is 17.7 Å². The summed E-state index contributed by atoms with van der Waals surface area (Å²) in [7, 11) is 5.27. The number of carbonyl (C=O) groups is 1. The van der Waals surface area contributed by atoms with E-state index in [0.717, 1.165) is 29.1 Å². The highest BCUT2D eigenvalue weighted by Gasteiger charge is 2.33. The fraction of sp³-hybridized carbons (Fsp3) is 0.333. The van der Waals surface area contributed by atoms with Crippen molar-refractivity contribution in [3.05, 3.63) is 78.2 Å². The largest absolute Gasteiger partial charge is 0.466 e. The van der Waals surface area contributed by atoms with Crippen LogP contribution in [-0.4, -0.2) is 41.5 Å². The third kappa shape index (κ3) is 3.93. The number of aryl methyl sites for hydroxylation is 1. The highest BCUT2D eigenvalue weighted by Crippen LogP contribution is 2.31. The van der Waals surface area contributed by atoms with Gasteiger partial charge in [-0.15, -0.1) is 0 Å². The van der Waals surface area contributed by atoms with Crippen LogP contribution in [0.15, 0.2) is 51.5 Å². The third-order valence-corrected chi connectivity index (χ3v) is 6.86. The number of allylic oxidation sites excluding steroid dienone is 1. The lowest BCUT2D eigenvalue weighted by atomic mass is 9.95. The van der Waals surface area contributed by atoms with Gasteiger partial charge < -0.3 is 9.64 Å². The van der Waals surface area contributed by atoms with Crippen molar-refractivity contribution in [2.45, 2.75) is 33.4 Å². The molecule has 1 atom stereocenters. The fourth-order valence-corrected chi connectivity index (χ4v) is 5.06. The second-order valence-corrected chi connectivity index (χ2v) is 9.07. The molecule has 0 N–H and O–H groups in total. The topological polar surface area (TPSA) is 81.7 Å². The van der Waals surface area contributed by atoms with Crippen LogP contribution in [0.3, 0.4) is 0 Å². The number of benzene rings is 1. The Balaban J connectivity index is 1.94. The van der Waals surface area contributed by atoms with Crippen LogP contribution in [0.2, 0.25) is 0 Å². The summed E-state index contributed by atoms with van der Waals surface area (Å²) in [6.07, 6.45) is 3.61. The van der Waals surface area contributed by atoms with Gasteiger partial charge in [-0.1, -0.05) is 23.5 Å². The summed E-state index contributed by atoms with van der Waals surface area (Å²) < 4.78 is 9.09. The number of fused-ring (bicyclic) bond motifs is 1. The zero-order valence-corrected chi connectivity index (χ0v) is 20.4. The predicted octanol–water partition coefficient (Wildman–Crippen LogP) is 2.00. The number of hydrogen-bond donors (Lipinski definition) is 0. The van der Waals surface area contributed by atoms with E-state index < -0.39 is 12.0 Å². The number of nitrogens with zero attached hydrogens (tertiary/aromatic N) is 5. The van der Waals surface area contributed by atoms with Crippen molar-refractivity contribution in [3.63, 3.8) is 0 Å². The molecule has 0 saturated heterocycles. The van der Waals surface area contributed by atoms with Crippen molar-refractivity contribution in [1.82, 2.24) is 14.3 Å². The third-order valence-electron chi connectivity index (χ3n) is 5.88. The summed E-state index contributed by atoms with van der Waals surface area (Å²) >= 11 is 1.31. The minimum absolute atomic E-state index is 0.196. The number of thiazole rings is 1. The summed E-state index contributed by atoms with van der Waals surface area (Å²) in [5.74, 6) is -0.493. The van der Waals surface area contributed by atoms with Crippen LogP contribution < -0.4 is 19.8 Å². The van der Waals surface area contributed by atoms with Crippen molar-refractivity contribution in [2.24, 2.45) is 4.99 Å². The molecule has 0 spiro atoms. The molecule has 0 amide bonds. The molecule has 4 rings (SSSR count). The molecule has 9 heteroatoms. The van der Waals surface area contributed by atoms with Gasteiger partial charge in [-0.3, -0.25) is 14.0 Å². The quantitative estimate of drug-likeness (QED) is 0.539. The molecule has 0 unspecified atom stereocenters. The highest BCUT2D eigenvalue weighted by molar-refractivity contribution is 7.07. The van der Waals surface area contributed by atoms with Crippen molar-refractivity contribution in [1.29, 1.82) is 0 Å². The lowest BCUT2D eigenvalue weighted by Gasteiger charge is -2.25. The lowest BCUT2D eigenvalue weighted by molar-refractivity contribution is -0.136. The lowest BCUT2D eigenvalue weighted by Crippen LogP contribution is -2.39. The van der Waals surface area contributed by atoms with Gasteiger partial charge in [-0.2, -0.15) is 5.10 Å². The standard InChI is InChI=1S/C24H27N5O3S/c1-7-28-15(3)17(13-25-28)12-19-22(30)29-21(16-8-10-18(11-9-16)27(4)5)20(23(31)32-6)14(2)26-24(29)33-19/h8-13,21H,7H2,1-6H3/b19-12+/t21-/m1/s1. The molecule has 33 heavy (non-hydrogen) atoms. The van der Waals surface area contributed by atoms with Gasteiger partial charge in [-0.05, 0) is 44.5 Å². The Labute approximate surface area is 195 Å². The van der Waals surface area contributed by atoms with Crippen LogP contribution in [0.1, 0.15) is 36.7 Å². The summed E-state index contributed by atoms with van der Waals surface area (Å²) in [4.78, 5) is 33.5. The maximum absolute atomic E-state index is 13.6. The first-order chi connectivity index (χ1) is 15.8. The molecule has 172 valence electrons. The zero-order chi connectivity index (χ0) is 23.9. The minimum Gasteiger partial charge on any atom is -0.466 e. The second kappa shape index (κ2) is 8.82. The summed E-state index contributed by atoms with van der Waals surface area (Å²) in [6.45, 7) is 6.54. The summed E-state index contributed by atoms with van der Waals surface area (Å²) in [5, 5.41) is 4.37. The molecule has 0 aliphatic carbocycles. The van der Waals surface area contributed by atoms with Crippen LogP contribution in [-0.2, 0) is 16.1 Å². The number of ether oxygens (including phenoxy) is 1. The van der Waals surface area contributed by atoms with Crippen molar-refractivity contribution in [3.8, 4) is 0 Å². The van der Waals surface area contributed by atoms with E-state index in [2.05, 4.69) is 10.1 Å².